The number of rotatable bonds is 7. The van der Waals surface area contributed by atoms with Gasteiger partial charge in [-0.25, -0.2) is 4.98 Å². The number of nitrogens with zero attached hydrogens (tertiary/aromatic N) is 2. The van der Waals surface area contributed by atoms with E-state index in [0.717, 1.165) is 42.0 Å². The SMILES string of the molecule is O=C(O)C1(c2ccc(Nc3nc(NC4CCCC4)cc(C4CCCC4)n3)cc2)CCC1. The van der Waals surface area contributed by atoms with Crippen LogP contribution in [0, 0.1) is 0 Å². The van der Waals surface area contributed by atoms with Gasteiger partial charge in [0.25, 0.3) is 0 Å². The lowest BCUT2D eigenvalue weighted by Crippen LogP contribution is -2.42. The monoisotopic (exact) mass is 420 g/mol. The normalized spacial score (nSPS) is 21.0. The van der Waals surface area contributed by atoms with Gasteiger partial charge in [-0.15, -0.1) is 0 Å². The minimum Gasteiger partial charge on any atom is -0.481 e. The van der Waals surface area contributed by atoms with Crippen molar-refractivity contribution < 1.29 is 9.90 Å². The standard InChI is InChI=1S/C25H32N4O2/c30-23(31)25(14-5-15-25)18-10-12-20(13-11-18)27-24-28-21(17-6-1-2-7-17)16-22(29-24)26-19-8-3-4-9-19/h10-13,16-17,19H,1-9,14-15H2,(H,30,31)(H2,26,27,28,29). The van der Waals surface area contributed by atoms with Gasteiger partial charge in [-0.3, -0.25) is 4.79 Å². The van der Waals surface area contributed by atoms with Gasteiger partial charge in [-0.2, -0.15) is 4.98 Å². The van der Waals surface area contributed by atoms with Gasteiger partial charge in [-0.1, -0.05) is 44.2 Å². The van der Waals surface area contributed by atoms with Crippen LogP contribution in [0.4, 0.5) is 17.5 Å². The lowest BCUT2D eigenvalue weighted by Gasteiger charge is -2.38. The van der Waals surface area contributed by atoms with Gasteiger partial charge in [0.1, 0.15) is 5.82 Å². The molecule has 0 saturated heterocycles. The summed E-state index contributed by atoms with van der Waals surface area (Å²) >= 11 is 0. The van der Waals surface area contributed by atoms with E-state index in [9.17, 15) is 9.90 Å². The summed E-state index contributed by atoms with van der Waals surface area (Å²) in [6.07, 6.45) is 12.3. The number of carbonyl (C=O) groups is 1. The maximum absolute atomic E-state index is 11.8. The first-order chi connectivity index (χ1) is 15.1. The Morgan fingerprint density at radius 3 is 2.23 bits per heavy atom. The second-order valence-corrected chi connectivity index (χ2v) is 9.55. The third-order valence-corrected chi connectivity index (χ3v) is 7.54. The predicted molar refractivity (Wildman–Crippen MR) is 122 cm³/mol. The molecule has 0 atom stereocenters. The summed E-state index contributed by atoms with van der Waals surface area (Å²) in [5.41, 5.74) is 2.21. The number of benzene rings is 1. The van der Waals surface area contributed by atoms with Crippen molar-refractivity contribution in [2.45, 2.75) is 88.0 Å². The number of hydrogen-bond donors (Lipinski definition) is 3. The molecule has 3 fully saturated rings. The first-order valence-corrected chi connectivity index (χ1v) is 11.9. The van der Waals surface area contributed by atoms with Crippen LogP contribution in [-0.4, -0.2) is 27.1 Å². The lowest BCUT2D eigenvalue weighted by atomic mass is 9.64. The molecule has 1 heterocycles. The Kier molecular flexibility index (Phi) is 5.55. The Balaban J connectivity index is 1.37. The average molecular weight is 421 g/mol. The van der Waals surface area contributed by atoms with E-state index in [-0.39, 0.29) is 0 Å². The number of nitrogens with one attached hydrogen (secondary N) is 2. The van der Waals surface area contributed by atoms with Gasteiger partial charge in [0, 0.05) is 23.7 Å². The second-order valence-electron chi connectivity index (χ2n) is 9.55. The molecule has 164 valence electrons. The van der Waals surface area contributed by atoms with Crippen LogP contribution in [-0.2, 0) is 10.2 Å². The van der Waals surface area contributed by atoms with Crippen LogP contribution >= 0.6 is 0 Å². The fraction of sp³-hybridized carbons (Fsp3) is 0.560. The minimum atomic E-state index is -0.713. The minimum absolute atomic E-state index is 0.508. The molecule has 1 aromatic heterocycles. The summed E-state index contributed by atoms with van der Waals surface area (Å²) in [6.45, 7) is 0. The van der Waals surface area contributed by atoms with Gasteiger partial charge in [0.05, 0.1) is 11.1 Å². The van der Waals surface area contributed by atoms with E-state index < -0.39 is 11.4 Å². The molecule has 0 radical (unpaired) electrons. The highest BCUT2D eigenvalue weighted by Crippen LogP contribution is 2.44. The number of anilines is 3. The molecule has 3 saturated carbocycles. The van der Waals surface area contributed by atoms with Crippen LogP contribution < -0.4 is 10.6 Å². The quantitative estimate of drug-likeness (QED) is 0.529. The zero-order valence-electron chi connectivity index (χ0n) is 18.1. The van der Waals surface area contributed by atoms with Gasteiger partial charge in [-0.05, 0) is 56.2 Å². The molecule has 1 aromatic carbocycles. The third kappa shape index (κ3) is 4.12. The first kappa shape index (κ1) is 20.3. The molecule has 31 heavy (non-hydrogen) atoms. The number of aliphatic carboxylic acids is 1. The highest BCUT2D eigenvalue weighted by atomic mass is 16.4. The van der Waals surface area contributed by atoms with Crippen molar-refractivity contribution in [1.29, 1.82) is 0 Å². The molecular formula is C25H32N4O2. The highest BCUT2D eigenvalue weighted by Gasteiger charge is 2.45. The zero-order valence-corrected chi connectivity index (χ0v) is 18.1. The molecule has 5 rings (SSSR count). The van der Waals surface area contributed by atoms with E-state index in [4.69, 9.17) is 9.97 Å². The molecule has 3 N–H and O–H groups in total. The fourth-order valence-corrected chi connectivity index (χ4v) is 5.46. The van der Waals surface area contributed by atoms with Crippen molar-refractivity contribution in [3.8, 4) is 0 Å². The van der Waals surface area contributed by atoms with Crippen LogP contribution in [0.3, 0.4) is 0 Å². The largest absolute Gasteiger partial charge is 0.481 e. The van der Waals surface area contributed by atoms with Crippen LogP contribution in [0.5, 0.6) is 0 Å². The number of hydrogen-bond acceptors (Lipinski definition) is 5. The fourth-order valence-electron chi connectivity index (χ4n) is 5.46. The van der Waals surface area contributed by atoms with Crippen LogP contribution in [0.25, 0.3) is 0 Å². The van der Waals surface area contributed by atoms with Gasteiger partial charge >= 0.3 is 5.97 Å². The third-order valence-electron chi connectivity index (χ3n) is 7.54. The molecular weight excluding hydrogens is 388 g/mol. The number of aromatic nitrogens is 2. The van der Waals surface area contributed by atoms with Crippen molar-refractivity contribution in [1.82, 2.24) is 9.97 Å². The molecule has 0 aliphatic heterocycles. The van der Waals surface area contributed by atoms with E-state index in [2.05, 4.69) is 16.7 Å². The van der Waals surface area contributed by atoms with Crippen molar-refractivity contribution in [2.75, 3.05) is 10.6 Å². The van der Waals surface area contributed by atoms with E-state index in [0.29, 0.717) is 17.9 Å². The summed E-state index contributed by atoms with van der Waals surface area (Å²) in [5, 5.41) is 16.7. The lowest BCUT2D eigenvalue weighted by molar-refractivity contribution is -0.147. The van der Waals surface area contributed by atoms with E-state index in [1.165, 1.54) is 51.4 Å². The topological polar surface area (TPSA) is 87.1 Å². The van der Waals surface area contributed by atoms with Gasteiger partial charge in [0.15, 0.2) is 0 Å². The van der Waals surface area contributed by atoms with Crippen LogP contribution in [0.1, 0.15) is 87.8 Å². The molecule has 6 nitrogen and oxygen atoms in total. The summed E-state index contributed by atoms with van der Waals surface area (Å²) in [7, 11) is 0. The molecule has 2 aromatic rings. The zero-order chi connectivity index (χ0) is 21.3. The van der Waals surface area contributed by atoms with Crippen molar-refractivity contribution in [3.63, 3.8) is 0 Å². The average Bonchev–Trinajstić information content (AvgIpc) is 3.42. The number of carboxylic acid groups (broad SMARTS) is 1. The van der Waals surface area contributed by atoms with Crippen LogP contribution in [0.2, 0.25) is 0 Å². The Bertz CT molecular complexity index is 927. The van der Waals surface area contributed by atoms with E-state index in [1.54, 1.807) is 0 Å². The van der Waals surface area contributed by atoms with Gasteiger partial charge < -0.3 is 15.7 Å². The molecule has 0 spiro atoms. The van der Waals surface area contributed by atoms with Crippen molar-refractivity contribution in [3.05, 3.63) is 41.6 Å². The molecule has 0 amide bonds. The maximum Gasteiger partial charge on any atom is 0.314 e. The molecule has 6 heteroatoms. The predicted octanol–water partition coefficient (Wildman–Crippen LogP) is 5.74. The van der Waals surface area contributed by atoms with E-state index in [1.807, 2.05) is 24.3 Å². The Labute approximate surface area is 183 Å². The molecule has 0 unspecified atom stereocenters. The maximum atomic E-state index is 11.8. The molecule has 3 aliphatic carbocycles. The van der Waals surface area contributed by atoms with E-state index >= 15 is 0 Å². The Hall–Kier alpha value is -2.63. The van der Waals surface area contributed by atoms with Crippen molar-refractivity contribution >= 4 is 23.4 Å². The molecule has 3 aliphatic rings. The highest BCUT2D eigenvalue weighted by molar-refractivity contribution is 5.82. The first-order valence-electron chi connectivity index (χ1n) is 11.9. The molecule has 0 bridgehead atoms. The Morgan fingerprint density at radius 2 is 1.61 bits per heavy atom. The summed E-state index contributed by atoms with van der Waals surface area (Å²) in [4.78, 5) is 21.4. The van der Waals surface area contributed by atoms with Gasteiger partial charge in [0.2, 0.25) is 5.95 Å². The smallest absolute Gasteiger partial charge is 0.314 e. The van der Waals surface area contributed by atoms with Crippen LogP contribution in [0.15, 0.2) is 30.3 Å². The summed E-state index contributed by atoms with van der Waals surface area (Å²) in [5.74, 6) is 1.34. The van der Waals surface area contributed by atoms with Crippen molar-refractivity contribution in [2.24, 2.45) is 0 Å². The summed E-state index contributed by atoms with van der Waals surface area (Å²) in [6, 6.07) is 10.4. The second kappa shape index (κ2) is 8.48. The number of carboxylic acids is 1. The summed E-state index contributed by atoms with van der Waals surface area (Å²) < 4.78 is 0. The Morgan fingerprint density at radius 1 is 0.935 bits per heavy atom.